The fourth-order valence-corrected chi connectivity index (χ4v) is 4.88. The van der Waals surface area contributed by atoms with Gasteiger partial charge in [-0.1, -0.05) is 18.5 Å². The highest BCUT2D eigenvalue weighted by Gasteiger charge is 2.29. The molecule has 4 rings (SSSR count). The van der Waals surface area contributed by atoms with Crippen LogP contribution in [-0.4, -0.2) is 87.1 Å². The van der Waals surface area contributed by atoms with Crippen LogP contribution < -0.4 is 11.5 Å². The third-order valence-electron chi connectivity index (χ3n) is 6.33. The smallest absolute Gasteiger partial charge is 0.412 e. The lowest BCUT2D eigenvalue weighted by atomic mass is 10.0. The van der Waals surface area contributed by atoms with Gasteiger partial charge in [0.25, 0.3) is 0 Å². The van der Waals surface area contributed by atoms with Crippen molar-refractivity contribution in [2.45, 2.75) is 37.9 Å². The van der Waals surface area contributed by atoms with Crippen LogP contribution in [0.1, 0.15) is 25.3 Å². The van der Waals surface area contributed by atoms with Crippen molar-refractivity contribution in [1.29, 1.82) is 0 Å². The Kier molecular flexibility index (Phi) is 13.2. The molecule has 0 spiro atoms. The molecule has 0 radical (unpaired) electrons. The number of nitrogens with two attached hydrogens (primary N) is 2. The van der Waals surface area contributed by atoms with E-state index < -0.39 is 28.1 Å². The highest BCUT2D eigenvalue weighted by molar-refractivity contribution is 7.90. The van der Waals surface area contributed by atoms with Crippen LogP contribution >= 0.6 is 11.6 Å². The first-order chi connectivity index (χ1) is 19.2. The summed E-state index contributed by atoms with van der Waals surface area (Å²) in [5, 5.41) is 0.539. The molecule has 41 heavy (non-hydrogen) atoms. The Hall–Kier alpha value is -3.00. The number of halogens is 3. The van der Waals surface area contributed by atoms with E-state index in [1.165, 1.54) is 30.4 Å². The number of amides is 3. The predicted molar refractivity (Wildman–Crippen MR) is 153 cm³/mol. The number of hydrogen-bond acceptors (Lipinski definition) is 7. The molecular formula is C27H38ClF2N5O5S. The van der Waals surface area contributed by atoms with Crippen LogP contribution in [0.2, 0.25) is 5.02 Å². The third kappa shape index (κ3) is 11.8. The lowest BCUT2D eigenvalue weighted by molar-refractivity contribution is 0.0497. The Balaban J connectivity index is 0.000000245. The van der Waals surface area contributed by atoms with Gasteiger partial charge in [0.15, 0.2) is 9.84 Å². The molecule has 10 nitrogen and oxygen atoms in total. The Morgan fingerprint density at radius 3 is 2.05 bits per heavy atom. The number of carbonyl (C=O) groups excluding carboxylic acids is 2. The van der Waals surface area contributed by atoms with Crippen molar-refractivity contribution >= 4 is 33.6 Å². The Labute approximate surface area is 245 Å². The maximum Gasteiger partial charge on any atom is 0.412 e. The van der Waals surface area contributed by atoms with Gasteiger partial charge in [-0.25, -0.2) is 26.8 Å². The van der Waals surface area contributed by atoms with Gasteiger partial charge in [-0.05, 0) is 73.7 Å². The number of urea groups is 1. The summed E-state index contributed by atoms with van der Waals surface area (Å²) in [6, 6.07) is 9.53. The number of rotatable bonds is 2. The zero-order valence-corrected chi connectivity index (χ0v) is 25.0. The average Bonchev–Trinajstić information content (AvgIpc) is 2.91. The number of piperazine rings is 1. The molecule has 3 amide bonds. The minimum Gasteiger partial charge on any atom is -0.417 e. The summed E-state index contributed by atoms with van der Waals surface area (Å²) in [6.07, 6.45) is 1.78. The van der Waals surface area contributed by atoms with Crippen molar-refractivity contribution in [3.8, 4) is 0 Å². The van der Waals surface area contributed by atoms with E-state index in [0.29, 0.717) is 47.6 Å². The number of hydrogen-bond donors (Lipinski definition) is 2. The van der Waals surface area contributed by atoms with Crippen LogP contribution in [0.3, 0.4) is 0 Å². The summed E-state index contributed by atoms with van der Waals surface area (Å²) in [6.45, 7) is 7.26. The van der Waals surface area contributed by atoms with Crippen LogP contribution in [0.15, 0.2) is 47.4 Å². The molecule has 0 bridgehead atoms. The van der Waals surface area contributed by atoms with Gasteiger partial charge >= 0.3 is 12.1 Å². The van der Waals surface area contributed by atoms with E-state index in [1.54, 1.807) is 17.0 Å². The number of ether oxygens (including phenoxy) is 1. The lowest BCUT2D eigenvalue weighted by Gasteiger charge is -2.39. The van der Waals surface area contributed by atoms with Gasteiger partial charge < -0.3 is 19.4 Å². The lowest BCUT2D eigenvalue weighted by Crippen LogP contribution is -2.56. The molecular weight excluding hydrogens is 580 g/mol. The number of carbonyl (C=O) groups is 2. The van der Waals surface area contributed by atoms with E-state index in [9.17, 15) is 26.8 Å². The minimum absolute atomic E-state index is 0.0742. The molecule has 0 saturated carbocycles. The van der Waals surface area contributed by atoms with Crippen LogP contribution in [0.25, 0.3) is 0 Å². The van der Waals surface area contributed by atoms with Crippen molar-refractivity contribution in [1.82, 2.24) is 14.7 Å². The molecule has 0 aliphatic carbocycles. The molecule has 2 aliphatic heterocycles. The maximum atomic E-state index is 12.4. The van der Waals surface area contributed by atoms with Gasteiger partial charge in [-0.15, -0.1) is 0 Å². The number of nitrogens with zero attached hydrogens (tertiary/aromatic N) is 3. The normalized spacial score (nSPS) is 17.2. The summed E-state index contributed by atoms with van der Waals surface area (Å²) in [4.78, 5) is 29.6. The van der Waals surface area contributed by atoms with Crippen molar-refractivity contribution < 1.29 is 31.5 Å². The molecule has 14 heteroatoms. The molecule has 2 fully saturated rings. The zero-order chi connectivity index (χ0) is 30.7. The molecule has 2 aliphatic rings. The quantitative estimate of drug-likeness (QED) is 0.489. The molecule has 4 N–H and O–H groups in total. The van der Waals surface area contributed by atoms with Gasteiger partial charge in [0.05, 0.1) is 4.90 Å². The van der Waals surface area contributed by atoms with Crippen molar-refractivity contribution in [3.63, 3.8) is 0 Å². The van der Waals surface area contributed by atoms with Crippen LogP contribution in [0, 0.1) is 24.5 Å². The Morgan fingerprint density at radius 1 is 0.976 bits per heavy atom. The number of aryl methyl sites for hydroxylation is 1. The molecule has 228 valence electrons. The number of likely N-dealkylation sites (tertiary alicyclic amines) is 1. The number of sulfone groups is 1. The second kappa shape index (κ2) is 15.9. The summed E-state index contributed by atoms with van der Waals surface area (Å²) < 4.78 is 51.1. The van der Waals surface area contributed by atoms with E-state index >= 15 is 0 Å². The monoisotopic (exact) mass is 617 g/mol. The molecule has 1 atom stereocenters. The Bertz CT molecular complexity index is 1260. The van der Waals surface area contributed by atoms with Gasteiger partial charge in [0.1, 0.15) is 11.6 Å². The molecule has 2 heterocycles. The minimum atomic E-state index is -3.08. The largest absolute Gasteiger partial charge is 0.417 e. The average molecular weight is 618 g/mol. The first-order valence-electron chi connectivity index (χ1n) is 13.0. The first kappa shape index (κ1) is 34.2. The van der Waals surface area contributed by atoms with E-state index in [0.717, 1.165) is 44.0 Å². The van der Waals surface area contributed by atoms with E-state index in [2.05, 4.69) is 6.92 Å². The number of benzene rings is 2. The van der Waals surface area contributed by atoms with Gasteiger partial charge in [-0.3, -0.25) is 11.5 Å². The highest BCUT2D eigenvalue weighted by Crippen LogP contribution is 2.18. The standard InChI is InChI=1S/C13H25N5O3.C7H7ClO2S.C7H6F2/c1-10-3-2-4-18(9-10)12(19)16-5-7-17(8-6-16)13(20)21-11(14)15;1-11(9,10)7-4-2-6(8)3-5-7;1-5-4-6(8)2-3-7(5)9/h10-11H,2-9,14-15H2,1H3;2-5H,1H3;2-4H,1H3. The third-order valence-corrected chi connectivity index (χ3v) is 7.72. The van der Waals surface area contributed by atoms with Crippen molar-refractivity contribution in [2.75, 3.05) is 45.5 Å². The molecule has 2 aromatic rings. The molecule has 2 saturated heterocycles. The van der Waals surface area contributed by atoms with Crippen LogP contribution in [0.4, 0.5) is 18.4 Å². The molecule has 0 aromatic heterocycles. The second-order valence-corrected chi connectivity index (χ2v) is 12.4. The van der Waals surface area contributed by atoms with Gasteiger partial charge in [-0.2, -0.15) is 0 Å². The fourth-order valence-electron chi connectivity index (χ4n) is 4.12. The van der Waals surface area contributed by atoms with Gasteiger partial charge in [0, 0.05) is 50.5 Å². The molecule has 2 aromatic carbocycles. The highest BCUT2D eigenvalue weighted by atomic mass is 35.5. The van der Waals surface area contributed by atoms with Crippen LogP contribution in [0.5, 0.6) is 0 Å². The number of piperidine rings is 1. The summed E-state index contributed by atoms with van der Waals surface area (Å²) >= 11 is 5.57. The van der Waals surface area contributed by atoms with Crippen LogP contribution in [-0.2, 0) is 14.6 Å². The summed E-state index contributed by atoms with van der Waals surface area (Å²) in [5.74, 6) is -0.199. The van der Waals surface area contributed by atoms with Crippen molar-refractivity contribution in [3.05, 3.63) is 64.7 Å². The second-order valence-electron chi connectivity index (χ2n) is 9.92. The first-order valence-corrected chi connectivity index (χ1v) is 15.3. The summed E-state index contributed by atoms with van der Waals surface area (Å²) in [5.41, 5.74) is 10.8. The summed E-state index contributed by atoms with van der Waals surface area (Å²) in [7, 11) is -3.08. The zero-order valence-electron chi connectivity index (χ0n) is 23.4. The van der Waals surface area contributed by atoms with Crippen molar-refractivity contribution in [2.24, 2.45) is 17.4 Å². The fraction of sp³-hybridized carbons (Fsp3) is 0.481. The van der Waals surface area contributed by atoms with E-state index in [1.807, 2.05) is 4.90 Å². The van der Waals surface area contributed by atoms with E-state index in [-0.39, 0.29) is 11.8 Å². The predicted octanol–water partition coefficient (Wildman–Crippen LogP) is 3.81. The Morgan fingerprint density at radius 2 is 1.56 bits per heavy atom. The molecule has 1 unspecified atom stereocenters. The van der Waals surface area contributed by atoms with E-state index in [4.69, 9.17) is 27.8 Å². The maximum absolute atomic E-state index is 12.4. The van der Waals surface area contributed by atoms with Gasteiger partial charge in [0.2, 0.25) is 6.35 Å². The topological polar surface area (TPSA) is 139 Å². The SMILES string of the molecule is CC1CCCN(C(=O)N2CCN(C(=O)OC(N)N)CC2)C1.CS(=O)(=O)c1ccc(Cl)cc1.Cc1cc(F)ccc1F.